The Kier molecular flexibility index (Phi) is 6.04. The zero-order valence-corrected chi connectivity index (χ0v) is 6.51. The van der Waals surface area contributed by atoms with Crippen LogP contribution in [-0.4, -0.2) is 39.0 Å². The molecule has 0 aliphatic heterocycles. The van der Waals surface area contributed by atoms with Gasteiger partial charge in [-0.25, -0.2) is 5.14 Å². The van der Waals surface area contributed by atoms with Gasteiger partial charge in [0.1, 0.15) is 0 Å². The predicted octanol–water partition coefficient (Wildman–Crippen LogP) is -1.07. The summed E-state index contributed by atoms with van der Waals surface area (Å²) in [6.45, 7) is 0. The summed E-state index contributed by atoms with van der Waals surface area (Å²) >= 11 is 0. The van der Waals surface area contributed by atoms with Gasteiger partial charge in [0.2, 0.25) is 0 Å². The standard InChI is InChI=1S/C3H9N.H3NO3S/c1-4(2)3;1-5(2,3)4/h1-3H3;(H3,1,2,3,4). The third kappa shape index (κ3) is 9210. The molecule has 0 bridgehead atoms. The molecule has 0 spiro atoms. The highest BCUT2D eigenvalue weighted by Gasteiger charge is 1.81. The molecule has 6 heteroatoms. The highest BCUT2D eigenvalue weighted by molar-refractivity contribution is 7.83. The largest absolute Gasteiger partial charge is 0.330 e. The molecule has 0 saturated carbocycles. The Balaban J connectivity index is 0. The zero-order valence-electron chi connectivity index (χ0n) is 5.70. The van der Waals surface area contributed by atoms with Gasteiger partial charge in [0.15, 0.2) is 0 Å². The molecule has 0 aromatic carbocycles. The van der Waals surface area contributed by atoms with Gasteiger partial charge in [0, 0.05) is 0 Å². The molecule has 0 aliphatic rings. The molecular formula is C3H12N2O3S. The fraction of sp³-hybridized carbons (Fsp3) is 1.00. The first-order valence-electron chi connectivity index (χ1n) is 2.09. The second-order valence-electron chi connectivity index (χ2n) is 1.86. The van der Waals surface area contributed by atoms with Crippen LogP contribution in [-0.2, 0) is 10.3 Å². The SMILES string of the molecule is CN(C)C.NS(=O)(=O)O. The molecule has 0 heterocycles. The first-order valence-corrected chi connectivity index (χ1v) is 3.60. The van der Waals surface area contributed by atoms with Crippen LogP contribution >= 0.6 is 0 Å². The number of nitrogens with zero attached hydrogens (tertiary/aromatic N) is 1. The van der Waals surface area contributed by atoms with Crippen molar-refractivity contribution in [2.24, 2.45) is 5.14 Å². The number of hydrogen-bond acceptors (Lipinski definition) is 3. The number of hydrogen-bond donors (Lipinski definition) is 2. The highest BCUT2D eigenvalue weighted by atomic mass is 32.2. The summed E-state index contributed by atoms with van der Waals surface area (Å²) in [5, 5.41) is 3.88. The van der Waals surface area contributed by atoms with Crippen LogP contribution in [0.2, 0.25) is 0 Å². The van der Waals surface area contributed by atoms with Crippen molar-refractivity contribution in [1.29, 1.82) is 0 Å². The van der Waals surface area contributed by atoms with E-state index in [0.717, 1.165) is 0 Å². The number of rotatable bonds is 0. The third-order valence-electron chi connectivity index (χ3n) is 0. The monoisotopic (exact) mass is 156 g/mol. The lowest BCUT2D eigenvalue weighted by Crippen LogP contribution is -2.08. The van der Waals surface area contributed by atoms with Crippen LogP contribution in [0, 0.1) is 0 Å². The van der Waals surface area contributed by atoms with E-state index in [-0.39, 0.29) is 0 Å². The average molecular weight is 156 g/mol. The van der Waals surface area contributed by atoms with Crippen LogP contribution in [0.5, 0.6) is 0 Å². The van der Waals surface area contributed by atoms with Crippen LogP contribution in [0.15, 0.2) is 0 Å². The first-order chi connectivity index (χ1) is 3.73. The lowest BCUT2D eigenvalue weighted by Gasteiger charge is -1.90. The summed E-state index contributed by atoms with van der Waals surface area (Å²) in [6.07, 6.45) is 0. The summed E-state index contributed by atoms with van der Waals surface area (Å²) in [7, 11) is 1.83. The molecular weight excluding hydrogens is 144 g/mol. The Morgan fingerprint density at radius 1 is 1.33 bits per heavy atom. The van der Waals surface area contributed by atoms with Crippen LogP contribution in [0.3, 0.4) is 0 Å². The summed E-state index contributed by atoms with van der Waals surface area (Å²) in [4.78, 5) is 2.00. The van der Waals surface area contributed by atoms with Gasteiger partial charge in [0.05, 0.1) is 0 Å². The normalized spacial score (nSPS) is 10.4. The molecule has 0 aromatic rings. The quantitative estimate of drug-likeness (QED) is 0.437. The van der Waals surface area contributed by atoms with Crippen LogP contribution < -0.4 is 5.14 Å². The summed E-state index contributed by atoms with van der Waals surface area (Å²) < 4.78 is 25.2. The van der Waals surface area contributed by atoms with E-state index in [4.69, 9.17) is 13.0 Å². The molecule has 0 aliphatic carbocycles. The lowest BCUT2D eigenvalue weighted by atomic mass is 11.0. The van der Waals surface area contributed by atoms with E-state index in [1.54, 1.807) is 0 Å². The molecule has 0 amide bonds. The van der Waals surface area contributed by atoms with Gasteiger partial charge < -0.3 is 4.90 Å². The van der Waals surface area contributed by atoms with E-state index in [1.807, 2.05) is 26.0 Å². The molecule has 0 rings (SSSR count). The van der Waals surface area contributed by atoms with E-state index < -0.39 is 10.3 Å². The Labute approximate surface area is 55.3 Å². The van der Waals surface area contributed by atoms with Crippen molar-refractivity contribution in [3.8, 4) is 0 Å². The fourth-order valence-corrected chi connectivity index (χ4v) is 0. The van der Waals surface area contributed by atoms with E-state index >= 15 is 0 Å². The van der Waals surface area contributed by atoms with Gasteiger partial charge >= 0.3 is 10.3 Å². The Bertz CT molecular complexity index is 128. The molecule has 0 unspecified atom stereocenters. The van der Waals surface area contributed by atoms with E-state index in [1.165, 1.54) is 0 Å². The zero-order chi connectivity index (χ0) is 8.08. The minimum atomic E-state index is -4.17. The molecule has 58 valence electrons. The van der Waals surface area contributed by atoms with E-state index in [0.29, 0.717) is 0 Å². The van der Waals surface area contributed by atoms with Gasteiger partial charge in [-0.1, -0.05) is 0 Å². The van der Waals surface area contributed by atoms with Gasteiger partial charge in [-0.05, 0) is 21.1 Å². The number of nitrogens with two attached hydrogens (primary N) is 1. The summed E-state index contributed by atoms with van der Waals surface area (Å²) in [6, 6.07) is 0. The second kappa shape index (κ2) is 4.68. The molecule has 0 atom stereocenters. The maximum atomic E-state index is 8.97. The van der Waals surface area contributed by atoms with Crippen molar-refractivity contribution < 1.29 is 13.0 Å². The Morgan fingerprint density at radius 2 is 1.33 bits per heavy atom. The average Bonchev–Trinajstić information content (AvgIpc) is 1.19. The highest BCUT2D eigenvalue weighted by Crippen LogP contribution is 1.50. The van der Waals surface area contributed by atoms with Crippen molar-refractivity contribution in [2.75, 3.05) is 21.1 Å². The summed E-state index contributed by atoms with van der Waals surface area (Å²) in [5.41, 5.74) is 0. The van der Waals surface area contributed by atoms with Crippen molar-refractivity contribution >= 4 is 10.3 Å². The maximum Gasteiger partial charge on any atom is 0.330 e. The molecule has 0 radical (unpaired) electrons. The van der Waals surface area contributed by atoms with Crippen molar-refractivity contribution in [3.63, 3.8) is 0 Å². The van der Waals surface area contributed by atoms with Gasteiger partial charge in [-0.3, -0.25) is 4.55 Å². The van der Waals surface area contributed by atoms with Crippen molar-refractivity contribution in [2.45, 2.75) is 0 Å². The minimum absolute atomic E-state index is 2.00. The van der Waals surface area contributed by atoms with Crippen LogP contribution in [0.4, 0.5) is 0 Å². The molecule has 3 N–H and O–H groups in total. The molecule has 9 heavy (non-hydrogen) atoms. The molecule has 0 aromatic heterocycles. The minimum Gasteiger partial charge on any atom is -0.312 e. The van der Waals surface area contributed by atoms with Crippen LogP contribution in [0.1, 0.15) is 0 Å². The Morgan fingerprint density at radius 3 is 1.33 bits per heavy atom. The van der Waals surface area contributed by atoms with Crippen molar-refractivity contribution in [3.05, 3.63) is 0 Å². The maximum absolute atomic E-state index is 8.97. The topological polar surface area (TPSA) is 83.6 Å². The van der Waals surface area contributed by atoms with Gasteiger partial charge in [0.25, 0.3) is 0 Å². The Hall–Kier alpha value is -0.170. The molecule has 5 nitrogen and oxygen atoms in total. The van der Waals surface area contributed by atoms with E-state index in [2.05, 4.69) is 5.14 Å². The van der Waals surface area contributed by atoms with Gasteiger partial charge in [-0.2, -0.15) is 8.42 Å². The third-order valence-corrected chi connectivity index (χ3v) is 0. The van der Waals surface area contributed by atoms with Crippen molar-refractivity contribution in [1.82, 2.24) is 4.90 Å². The fourth-order valence-electron chi connectivity index (χ4n) is 0. The summed E-state index contributed by atoms with van der Waals surface area (Å²) in [5.74, 6) is 0. The predicted molar refractivity (Wildman–Crippen MR) is 35.3 cm³/mol. The van der Waals surface area contributed by atoms with E-state index in [9.17, 15) is 0 Å². The molecule has 0 fully saturated rings. The second-order valence-corrected chi connectivity index (χ2v) is 2.89. The lowest BCUT2D eigenvalue weighted by molar-refractivity contribution is 0.485. The van der Waals surface area contributed by atoms with Gasteiger partial charge in [-0.15, -0.1) is 0 Å². The van der Waals surface area contributed by atoms with Crippen LogP contribution in [0.25, 0.3) is 0 Å². The first kappa shape index (κ1) is 11.6. The smallest absolute Gasteiger partial charge is 0.312 e. The molecule has 0 saturated heterocycles.